The van der Waals surface area contributed by atoms with Gasteiger partial charge in [0.2, 0.25) is 0 Å². The minimum Gasteiger partial charge on any atom is -0.316 e. The van der Waals surface area contributed by atoms with Crippen molar-refractivity contribution in [3.8, 4) is 0 Å². The molecular formula is C11H16ClNS. The fraction of sp³-hybridized carbons (Fsp3) is 0.455. The Morgan fingerprint density at radius 3 is 2.71 bits per heavy atom. The van der Waals surface area contributed by atoms with Crippen LogP contribution in [0.25, 0.3) is 6.08 Å². The van der Waals surface area contributed by atoms with Crippen LogP contribution >= 0.6 is 22.9 Å². The van der Waals surface area contributed by atoms with Gasteiger partial charge in [-0.3, -0.25) is 0 Å². The molecule has 0 amide bonds. The van der Waals surface area contributed by atoms with Crippen LogP contribution in [-0.2, 0) is 0 Å². The zero-order valence-electron chi connectivity index (χ0n) is 8.80. The lowest BCUT2D eigenvalue weighted by molar-refractivity contribution is 0.713. The van der Waals surface area contributed by atoms with Crippen LogP contribution < -0.4 is 5.32 Å². The summed E-state index contributed by atoms with van der Waals surface area (Å²) in [7, 11) is 1.97. The van der Waals surface area contributed by atoms with E-state index in [0.717, 1.165) is 10.9 Å². The Bertz CT molecular complexity index is 315. The van der Waals surface area contributed by atoms with Crippen molar-refractivity contribution in [2.24, 2.45) is 5.92 Å². The number of nitrogens with one attached hydrogen (secondary N) is 1. The molecule has 0 aliphatic rings. The van der Waals surface area contributed by atoms with Crippen LogP contribution in [0.1, 0.15) is 18.7 Å². The maximum absolute atomic E-state index is 5.87. The standard InChI is InChI=1S/C11H16ClNS/c1-8(2)9(7-13-3)6-10-4-5-11(12)14-10/h4-6,8,13H,7H2,1-3H3. The third-order valence-electron chi connectivity index (χ3n) is 2.04. The van der Waals surface area contributed by atoms with Crippen LogP contribution in [0.3, 0.4) is 0 Å². The van der Waals surface area contributed by atoms with Crippen molar-refractivity contribution in [2.75, 3.05) is 13.6 Å². The third-order valence-corrected chi connectivity index (χ3v) is 3.22. The van der Waals surface area contributed by atoms with Gasteiger partial charge in [0.15, 0.2) is 0 Å². The highest BCUT2D eigenvalue weighted by Gasteiger charge is 2.03. The summed E-state index contributed by atoms with van der Waals surface area (Å²) in [5.41, 5.74) is 1.41. The number of likely N-dealkylation sites (N-methyl/N-ethyl adjacent to an activating group) is 1. The summed E-state index contributed by atoms with van der Waals surface area (Å²) in [5.74, 6) is 0.573. The molecule has 1 heterocycles. The van der Waals surface area contributed by atoms with Gasteiger partial charge in [0.05, 0.1) is 4.34 Å². The van der Waals surface area contributed by atoms with Crippen molar-refractivity contribution in [1.82, 2.24) is 5.32 Å². The van der Waals surface area contributed by atoms with E-state index in [-0.39, 0.29) is 0 Å². The molecular weight excluding hydrogens is 214 g/mol. The third kappa shape index (κ3) is 3.45. The molecule has 1 N–H and O–H groups in total. The van der Waals surface area contributed by atoms with Gasteiger partial charge >= 0.3 is 0 Å². The van der Waals surface area contributed by atoms with Crippen molar-refractivity contribution in [3.05, 3.63) is 26.9 Å². The van der Waals surface area contributed by atoms with Crippen LogP contribution in [0, 0.1) is 5.92 Å². The molecule has 0 aliphatic carbocycles. The molecule has 0 atom stereocenters. The topological polar surface area (TPSA) is 12.0 Å². The molecule has 1 aromatic rings. The van der Waals surface area contributed by atoms with Crippen LogP contribution in [0.15, 0.2) is 17.7 Å². The first-order valence-corrected chi connectivity index (χ1v) is 5.93. The monoisotopic (exact) mass is 229 g/mol. The number of hydrogen-bond acceptors (Lipinski definition) is 2. The molecule has 0 fully saturated rings. The summed E-state index contributed by atoms with van der Waals surface area (Å²) in [6, 6.07) is 4.00. The van der Waals surface area contributed by atoms with Crippen molar-refractivity contribution < 1.29 is 0 Å². The van der Waals surface area contributed by atoms with E-state index in [4.69, 9.17) is 11.6 Å². The van der Waals surface area contributed by atoms with Crippen molar-refractivity contribution in [3.63, 3.8) is 0 Å². The molecule has 3 heteroatoms. The number of halogens is 1. The van der Waals surface area contributed by atoms with Gasteiger partial charge in [0.1, 0.15) is 0 Å². The average molecular weight is 230 g/mol. The summed E-state index contributed by atoms with van der Waals surface area (Å²) in [5, 5.41) is 3.18. The zero-order valence-corrected chi connectivity index (χ0v) is 10.4. The first-order chi connectivity index (χ1) is 6.63. The predicted molar refractivity (Wildman–Crippen MR) is 66.1 cm³/mol. The molecule has 0 aliphatic heterocycles. The highest BCUT2D eigenvalue weighted by molar-refractivity contribution is 7.17. The van der Waals surface area contributed by atoms with Gasteiger partial charge in [-0.1, -0.05) is 31.0 Å². The lowest BCUT2D eigenvalue weighted by Crippen LogP contribution is -2.13. The van der Waals surface area contributed by atoms with Crippen molar-refractivity contribution in [2.45, 2.75) is 13.8 Å². The van der Waals surface area contributed by atoms with E-state index in [1.807, 2.05) is 13.1 Å². The van der Waals surface area contributed by atoms with Crippen LogP contribution in [0.4, 0.5) is 0 Å². The van der Waals surface area contributed by atoms with E-state index in [1.165, 1.54) is 10.5 Å². The van der Waals surface area contributed by atoms with Gasteiger partial charge in [-0.15, -0.1) is 11.3 Å². The average Bonchev–Trinajstić information content (AvgIpc) is 2.50. The number of thiophene rings is 1. The molecule has 0 saturated heterocycles. The molecule has 0 bridgehead atoms. The number of hydrogen-bond donors (Lipinski definition) is 1. The summed E-state index contributed by atoms with van der Waals surface area (Å²) in [6.07, 6.45) is 2.22. The van der Waals surface area contributed by atoms with E-state index in [0.29, 0.717) is 5.92 Å². The normalized spacial score (nSPS) is 12.5. The zero-order chi connectivity index (χ0) is 10.6. The second kappa shape index (κ2) is 5.54. The lowest BCUT2D eigenvalue weighted by atomic mass is 10.0. The maximum atomic E-state index is 5.87. The van der Waals surface area contributed by atoms with Gasteiger partial charge in [-0.25, -0.2) is 0 Å². The first kappa shape index (κ1) is 11.8. The molecule has 0 aromatic carbocycles. The summed E-state index contributed by atoms with van der Waals surface area (Å²) in [4.78, 5) is 1.23. The van der Waals surface area contributed by atoms with E-state index in [1.54, 1.807) is 11.3 Å². The second-order valence-electron chi connectivity index (χ2n) is 3.55. The highest BCUT2D eigenvalue weighted by atomic mass is 35.5. The first-order valence-electron chi connectivity index (χ1n) is 4.74. The van der Waals surface area contributed by atoms with Gasteiger partial charge in [-0.05, 0) is 31.2 Å². The Balaban J connectivity index is 2.81. The Hall–Kier alpha value is -0.310. The number of rotatable bonds is 4. The SMILES string of the molecule is CNCC(=Cc1ccc(Cl)s1)C(C)C. The Morgan fingerprint density at radius 1 is 1.57 bits per heavy atom. The van der Waals surface area contributed by atoms with E-state index < -0.39 is 0 Å². The van der Waals surface area contributed by atoms with E-state index in [9.17, 15) is 0 Å². The van der Waals surface area contributed by atoms with Crippen molar-refractivity contribution in [1.29, 1.82) is 0 Å². The molecule has 1 rings (SSSR count). The van der Waals surface area contributed by atoms with Gasteiger partial charge in [0.25, 0.3) is 0 Å². The smallest absolute Gasteiger partial charge is 0.0934 e. The summed E-state index contributed by atoms with van der Waals surface area (Å²) >= 11 is 7.49. The quantitative estimate of drug-likeness (QED) is 0.831. The minimum absolute atomic E-state index is 0.573. The summed E-state index contributed by atoms with van der Waals surface area (Å²) in [6.45, 7) is 5.35. The molecule has 0 saturated carbocycles. The Kier molecular flexibility index (Phi) is 4.66. The summed E-state index contributed by atoms with van der Waals surface area (Å²) < 4.78 is 0.851. The molecule has 78 valence electrons. The Labute approximate surface area is 94.8 Å². The molecule has 1 nitrogen and oxygen atoms in total. The largest absolute Gasteiger partial charge is 0.316 e. The van der Waals surface area contributed by atoms with E-state index in [2.05, 4.69) is 31.3 Å². The minimum atomic E-state index is 0.573. The van der Waals surface area contributed by atoms with Gasteiger partial charge in [-0.2, -0.15) is 0 Å². The fourth-order valence-electron chi connectivity index (χ4n) is 1.21. The molecule has 1 aromatic heterocycles. The molecule has 0 unspecified atom stereocenters. The van der Waals surface area contributed by atoms with Crippen molar-refractivity contribution >= 4 is 29.0 Å². The van der Waals surface area contributed by atoms with Crippen LogP contribution in [-0.4, -0.2) is 13.6 Å². The van der Waals surface area contributed by atoms with Gasteiger partial charge < -0.3 is 5.32 Å². The second-order valence-corrected chi connectivity index (χ2v) is 5.29. The Morgan fingerprint density at radius 2 is 2.29 bits per heavy atom. The molecule has 0 spiro atoms. The highest BCUT2D eigenvalue weighted by Crippen LogP contribution is 2.24. The van der Waals surface area contributed by atoms with Crippen LogP contribution in [0.5, 0.6) is 0 Å². The predicted octanol–water partition coefficient (Wildman–Crippen LogP) is 3.66. The van der Waals surface area contributed by atoms with Gasteiger partial charge in [0, 0.05) is 11.4 Å². The molecule has 0 radical (unpaired) electrons. The lowest BCUT2D eigenvalue weighted by Gasteiger charge is -2.09. The van der Waals surface area contributed by atoms with E-state index >= 15 is 0 Å². The fourth-order valence-corrected chi connectivity index (χ4v) is 2.25. The maximum Gasteiger partial charge on any atom is 0.0934 e. The molecule has 14 heavy (non-hydrogen) atoms. The van der Waals surface area contributed by atoms with Crippen LogP contribution in [0.2, 0.25) is 4.34 Å².